The maximum Gasteiger partial charge on any atom is 0.164 e. The third-order valence-corrected chi connectivity index (χ3v) is 6.81. The number of fused-ring (bicyclic) bond motifs is 3. The van der Waals surface area contributed by atoms with Crippen LogP contribution in [0.1, 0.15) is 17.7 Å². The van der Waals surface area contributed by atoms with Crippen LogP contribution in [0.25, 0.3) is 62.3 Å². The smallest absolute Gasteiger partial charge is 0.164 e. The Labute approximate surface area is 215 Å². The van der Waals surface area contributed by atoms with Gasteiger partial charge in [0, 0.05) is 34.1 Å². The average Bonchev–Trinajstić information content (AvgIpc) is 3.37. The van der Waals surface area contributed by atoms with Crippen LogP contribution in [0.3, 0.4) is 0 Å². The molecule has 0 N–H and O–H groups in total. The second kappa shape index (κ2) is 8.99. The number of nitrogens with zero attached hydrogens (tertiary/aromatic N) is 3. The lowest BCUT2D eigenvalue weighted by Gasteiger charge is -2.10. The van der Waals surface area contributed by atoms with E-state index < -0.39 is 0 Å². The van der Waals surface area contributed by atoms with E-state index in [1.807, 2.05) is 60.7 Å². The van der Waals surface area contributed by atoms with Gasteiger partial charge in [-0.2, -0.15) is 0 Å². The summed E-state index contributed by atoms with van der Waals surface area (Å²) in [4.78, 5) is 14.5. The lowest BCUT2D eigenvalue weighted by atomic mass is 9.95. The highest BCUT2D eigenvalue weighted by atomic mass is 16.3. The van der Waals surface area contributed by atoms with Crippen molar-refractivity contribution in [3.63, 3.8) is 0 Å². The molecule has 0 bridgehead atoms. The molecule has 1 aliphatic rings. The Bertz CT molecular complexity index is 1690. The molecule has 37 heavy (non-hydrogen) atoms. The van der Waals surface area contributed by atoms with Gasteiger partial charge in [-0.3, -0.25) is 0 Å². The number of aromatic nitrogens is 3. The molecule has 4 nitrogen and oxygen atoms in total. The second-order valence-corrected chi connectivity index (χ2v) is 9.17. The molecule has 4 heteroatoms. The Hall–Kier alpha value is -4.83. The number of benzene rings is 4. The van der Waals surface area contributed by atoms with Crippen LogP contribution in [0, 0.1) is 0 Å². The van der Waals surface area contributed by atoms with Crippen LogP contribution in [-0.2, 0) is 6.42 Å². The third-order valence-electron chi connectivity index (χ3n) is 6.81. The number of furan rings is 1. The van der Waals surface area contributed by atoms with E-state index in [0.29, 0.717) is 17.5 Å². The van der Waals surface area contributed by atoms with Gasteiger partial charge in [0.05, 0.1) is 0 Å². The van der Waals surface area contributed by atoms with E-state index in [1.165, 1.54) is 16.5 Å². The van der Waals surface area contributed by atoms with Gasteiger partial charge in [0.15, 0.2) is 17.5 Å². The molecule has 6 aromatic rings. The van der Waals surface area contributed by atoms with Crippen molar-refractivity contribution in [1.82, 2.24) is 15.0 Å². The number of hydrogen-bond acceptors (Lipinski definition) is 4. The van der Waals surface area contributed by atoms with Crippen LogP contribution >= 0.6 is 0 Å². The minimum absolute atomic E-state index is 0.654. The van der Waals surface area contributed by atoms with E-state index in [2.05, 4.69) is 54.6 Å². The highest BCUT2D eigenvalue weighted by Gasteiger charge is 2.18. The molecular formula is C33H23N3O. The highest BCUT2D eigenvalue weighted by Crippen LogP contribution is 2.38. The van der Waals surface area contributed by atoms with Gasteiger partial charge in [0.1, 0.15) is 11.3 Å². The van der Waals surface area contributed by atoms with Crippen LogP contribution < -0.4 is 0 Å². The molecule has 0 spiro atoms. The summed E-state index contributed by atoms with van der Waals surface area (Å²) in [5.74, 6) is 3.06. The first-order chi connectivity index (χ1) is 18.3. The Morgan fingerprint density at radius 2 is 1.11 bits per heavy atom. The van der Waals surface area contributed by atoms with E-state index in [4.69, 9.17) is 19.4 Å². The van der Waals surface area contributed by atoms with E-state index in [0.717, 1.165) is 46.4 Å². The Balaban J connectivity index is 1.33. The van der Waals surface area contributed by atoms with E-state index in [1.54, 1.807) is 0 Å². The van der Waals surface area contributed by atoms with Crippen molar-refractivity contribution in [2.45, 2.75) is 12.8 Å². The van der Waals surface area contributed by atoms with Gasteiger partial charge in [-0.1, -0.05) is 109 Å². The van der Waals surface area contributed by atoms with Crippen molar-refractivity contribution >= 4 is 17.0 Å². The predicted molar refractivity (Wildman–Crippen MR) is 149 cm³/mol. The number of hydrogen-bond donors (Lipinski definition) is 0. The molecule has 0 aliphatic heterocycles. The minimum Gasteiger partial charge on any atom is -0.460 e. The van der Waals surface area contributed by atoms with E-state index in [-0.39, 0.29) is 0 Å². The molecule has 4 aromatic carbocycles. The van der Waals surface area contributed by atoms with Crippen molar-refractivity contribution in [3.05, 3.63) is 121 Å². The molecule has 0 radical (unpaired) electrons. The lowest BCUT2D eigenvalue weighted by Crippen LogP contribution is -2.00. The molecule has 0 amide bonds. The molecule has 2 aromatic heterocycles. The van der Waals surface area contributed by atoms with Gasteiger partial charge in [-0.15, -0.1) is 0 Å². The summed E-state index contributed by atoms with van der Waals surface area (Å²) in [5.41, 5.74) is 7.33. The fraction of sp³-hybridized carbons (Fsp3) is 0.0606. The molecular weight excluding hydrogens is 454 g/mol. The number of aryl methyl sites for hydroxylation is 1. The summed E-state index contributed by atoms with van der Waals surface area (Å²) >= 11 is 0. The van der Waals surface area contributed by atoms with E-state index >= 15 is 0 Å². The predicted octanol–water partition coefficient (Wildman–Crippen LogP) is 8.25. The summed E-state index contributed by atoms with van der Waals surface area (Å²) in [6.07, 6.45) is 6.40. The van der Waals surface area contributed by atoms with E-state index in [9.17, 15) is 0 Å². The van der Waals surface area contributed by atoms with Crippen LogP contribution in [0.2, 0.25) is 0 Å². The zero-order valence-electron chi connectivity index (χ0n) is 20.1. The SMILES string of the molecule is C1=Cc2c(oc3cccc(-c4ccc(-c5nc(-c6ccccc6)nc(-c6ccccc6)n5)cc4)c23)CC1. The van der Waals surface area contributed by atoms with Gasteiger partial charge in [-0.05, 0) is 23.6 Å². The monoisotopic (exact) mass is 477 g/mol. The molecule has 0 fully saturated rings. The Morgan fingerprint density at radius 3 is 1.73 bits per heavy atom. The molecule has 0 saturated carbocycles. The molecule has 0 unspecified atom stereocenters. The molecule has 2 heterocycles. The fourth-order valence-electron chi connectivity index (χ4n) is 4.98. The van der Waals surface area contributed by atoms with Gasteiger partial charge in [-0.25, -0.2) is 15.0 Å². The van der Waals surface area contributed by atoms with Crippen molar-refractivity contribution in [2.24, 2.45) is 0 Å². The lowest BCUT2D eigenvalue weighted by molar-refractivity contribution is 0.546. The highest BCUT2D eigenvalue weighted by molar-refractivity contribution is 6.01. The quantitative estimate of drug-likeness (QED) is 0.256. The average molecular weight is 478 g/mol. The third kappa shape index (κ3) is 3.93. The largest absolute Gasteiger partial charge is 0.460 e. The summed E-state index contributed by atoms with van der Waals surface area (Å²) in [6.45, 7) is 0. The molecule has 1 aliphatic carbocycles. The first kappa shape index (κ1) is 21.5. The summed E-state index contributed by atoms with van der Waals surface area (Å²) in [6, 6.07) is 34.9. The maximum absolute atomic E-state index is 6.18. The van der Waals surface area contributed by atoms with Crippen molar-refractivity contribution in [3.8, 4) is 45.3 Å². The molecule has 0 atom stereocenters. The van der Waals surface area contributed by atoms with Gasteiger partial charge in [0.25, 0.3) is 0 Å². The molecule has 0 saturated heterocycles. The van der Waals surface area contributed by atoms with Crippen LogP contribution in [0.15, 0.2) is 114 Å². The first-order valence-electron chi connectivity index (χ1n) is 12.5. The summed E-state index contributed by atoms with van der Waals surface area (Å²) in [7, 11) is 0. The van der Waals surface area contributed by atoms with Crippen molar-refractivity contribution in [1.29, 1.82) is 0 Å². The minimum atomic E-state index is 0.654. The second-order valence-electron chi connectivity index (χ2n) is 9.17. The fourth-order valence-corrected chi connectivity index (χ4v) is 4.98. The number of rotatable bonds is 4. The topological polar surface area (TPSA) is 51.8 Å². The maximum atomic E-state index is 6.18. The van der Waals surface area contributed by atoms with Crippen molar-refractivity contribution in [2.75, 3.05) is 0 Å². The molecule has 176 valence electrons. The van der Waals surface area contributed by atoms with Gasteiger partial charge < -0.3 is 4.42 Å². The Morgan fingerprint density at radius 1 is 0.541 bits per heavy atom. The number of allylic oxidation sites excluding steroid dienone is 1. The van der Waals surface area contributed by atoms with Crippen LogP contribution in [0.4, 0.5) is 0 Å². The van der Waals surface area contributed by atoms with Crippen LogP contribution in [0.5, 0.6) is 0 Å². The van der Waals surface area contributed by atoms with Crippen molar-refractivity contribution < 1.29 is 4.42 Å². The summed E-state index contributed by atoms with van der Waals surface area (Å²) in [5, 5.41) is 1.18. The standard InChI is InChI=1S/C33H23N3O/c1-3-10-23(11-4-1)31-34-32(24-12-5-2-6-13-24)36-33(35-31)25-20-18-22(19-21-25)26-15-9-17-29-30(26)27-14-7-8-16-28(27)37-29/h1-7,9-15,17-21H,8,16H2. The molecule has 7 rings (SSSR count). The summed E-state index contributed by atoms with van der Waals surface area (Å²) < 4.78 is 6.18. The van der Waals surface area contributed by atoms with Gasteiger partial charge in [0.2, 0.25) is 0 Å². The Kier molecular flexibility index (Phi) is 5.21. The normalized spacial score (nSPS) is 12.5. The zero-order chi connectivity index (χ0) is 24.6. The van der Waals surface area contributed by atoms with Crippen LogP contribution in [-0.4, -0.2) is 15.0 Å². The zero-order valence-corrected chi connectivity index (χ0v) is 20.1. The first-order valence-corrected chi connectivity index (χ1v) is 12.5. The van der Waals surface area contributed by atoms with Gasteiger partial charge >= 0.3 is 0 Å².